The first kappa shape index (κ1) is 28.0. The van der Waals surface area contributed by atoms with Crippen LogP contribution >= 0.6 is 11.6 Å². The molecule has 10 nitrogen and oxygen atoms in total. The normalized spacial score (nSPS) is 20.0. The standard InChI is InChI=1S/C29H33ClN6O4/c1-20(4-2-3-13-34-19-23(11-15-37)32-33-34)29(40)25-16-22(30)7-10-26(25)36(28(29)39)18-21-5-8-24(9-6-21)35-14-12-31-17-27(35)38/h2,4-10,16,19-20,31,37,40H,3,11-15,17-18H2,1H3/b4-2+/t20-,29+/m1/s1. The van der Waals surface area contributed by atoms with Gasteiger partial charge in [0.1, 0.15) is 0 Å². The minimum absolute atomic E-state index is 0.0219. The van der Waals surface area contributed by atoms with Crippen LogP contribution in [0, 0.1) is 5.92 Å². The molecule has 0 bridgehead atoms. The van der Waals surface area contributed by atoms with Crippen molar-refractivity contribution in [1.82, 2.24) is 20.3 Å². The lowest BCUT2D eigenvalue weighted by Gasteiger charge is -2.28. The molecule has 210 valence electrons. The van der Waals surface area contributed by atoms with Gasteiger partial charge in [0.15, 0.2) is 5.60 Å². The zero-order valence-corrected chi connectivity index (χ0v) is 23.1. The highest BCUT2D eigenvalue weighted by Crippen LogP contribution is 2.46. The number of aryl methyl sites for hydroxylation is 1. The van der Waals surface area contributed by atoms with Crippen molar-refractivity contribution >= 4 is 34.8 Å². The van der Waals surface area contributed by atoms with Gasteiger partial charge in [0.2, 0.25) is 5.91 Å². The summed E-state index contributed by atoms with van der Waals surface area (Å²) in [5.74, 6) is -0.906. The van der Waals surface area contributed by atoms with Gasteiger partial charge < -0.3 is 25.3 Å². The Bertz CT molecular complexity index is 1410. The SMILES string of the molecule is C[C@H](/C=C/CCn1cc(CCO)nn1)[C@@]1(O)C(=O)N(Cc2ccc(N3CCNCC3=O)cc2)c2ccc(Cl)cc21. The lowest BCUT2D eigenvalue weighted by Crippen LogP contribution is -2.48. The van der Waals surface area contributed by atoms with Gasteiger partial charge in [0.05, 0.1) is 24.5 Å². The zero-order chi connectivity index (χ0) is 28.3. The molecule has 40 heavy (non-hydrogen) atoms. The number of piperazine rings is 1. The molecule has 0 unspecified atom stereocenters. The third-order valence-electron chi connectivity index (χ3n) is 7.47. The Morgan fingerprint density at radius 2 is 2.00 bits per heavy atom. The van der Waals surface area contributed by atoms with Gasteiger partial charge >= 0.3 is 0 Å². The lowest BCUT2D eigenvalue weighted by atomic mass is 9.83. The van der Waals surface area contributed by atoms with Gasteiger partial charge in [0.25, 0.3) is 5.91 Å². The van der Waals surface area contributed by atoms with Crippen molar-refractivity contribution in [1.29, 1.82) is 0 Å². The van der Waals surface area contributed by atoms with Gasteiger partial charge in [-0.05, 0) is 42.3 Å². The van der Waals surface area contributed by atoms with Crippen molar-refractivity contribution in [3.05, 3.63) is 82.7 Å². The van der Waals surface area contributed by atoms with Crippen molar-refractivity contribution in [2.75, 3.05) is 36.0 Å². The number of carbonyl (C=O) groups excluding carboxylic acids is 2. The second-order valence-electron chi connectivity index (χ2n) is 10.2. The molecule has 3 aromatic rings. The number of allylic oxidation sites excluding steroid dienone is 1. The Balaban J connectivity index is 1.31. The largest absolute Gasteiger partial charge is 0.396 e. The number of amides is 2. The Hall–Kier alpha value is -3.57. The monoisotopic (exact) mass is 564 g/mol. The van der Waals surface area contributed by atoms with Crippen molar-refractivity contribution in [2.24, 2.45) is 5.92 Å². The highest BCUT2D eigenvalue weighted by Gasteiger charge is 2.52. The Kier molecular flexibility index (Phi) is 8.32. The fraction of sp³-hybridized carbons (Fsp3) is 0.379. The molecule has 2 amide bonds. The molecule has 2 aromatic carbocycles. The fourth-order valence-electron chi connectivity index (χ4n) is 5.24. The third kappa shape index (κ3) is 5.53. The molecular weight excluding hydrogens is 532 g/mol. The van der Waals surface area contributed by atoms with Crippen LogP contribution in [-0.4, -0.2) is 63.3 Å². The first-order valence-electron chi connectivity index (χ1n) is 13.4. The number of anilines is 2. The summed E-state index contributed by atoms with van der Waals surface area (Å²) in [5, 5.41) is 32.5. The van der Waals surface area contributed by atoms with Crippen LogP contribution < -0.4 is 15.1 Å². The minimum Gasteiger partial charge on any atom is -0.396 e. The number of hydrogen-bond donors (Lipinski definition) is 3. The number of nitrogens with zero attached hydrogens (tertiary/aromatic N) is 5. The molecule has 2 aliphatic rings. The summed E-state index contributed by atoms with van der Waals surface area (Å²) in [6, 6.07) is 12.7. The van der Waals surface area contributed by atoms with Crippen molar-refractivity contribution in [2.45, 2.75) is 38.5 Å². The van der Waals surface area contributed by atoms with E-state index in [0.717, 1.165) is 23.5 Å². The van der Waals surface area contributed by atoms with E-state index in [0.29, 0.717) is 48.7 Å². The number of carbonyl (C=O) groups is 2. The molecule has 1 saturated heterocycles. The summed E-state index contributed by atoms with van der Waals surface area (Å²) in [6.07, 6.45) is 6.65. The maximum Gasteiger partial charge on any atom is 0.264 e. The Morgan fingerprint density at radius 1 is 1.20 bits per heavy atom. The summed E-state index contributed by atoms with van der Waals surface area (Å²) < 4.78 is 1.70. The highest BCUT2D eigenvalue weighted by molar-refractivity contribution is 6.31. The number of fused-ring (bicyclic) bond motifs is 1. The molecule has 3 N–H and O–H groups in total. The van der Waals surface area contributed by atoms with Crippen LogP contribution in [0.2, 0.25) is 5.02 Å². The van der Waals surface area contributed by atoms with Gasteiger partial charge in [-0.25, -0.2) is 0 Å². The molecule has 0 spiro atoms. The first-order valence-corrected chi connectivity index (χ1v) is 13.8. The number of hydrogen-bond acceptors (Lipinski definition) is 7. The topological polar surface area (TPSA) is 124 Å². The second-order valence-corrected chi connectivity index (χ2v) is 10.6. The van der Waals surface area contributed by atoms with E-state index in [1.165, 1.54) is 0 Å². The average Bonchev–Trinajstić information content (AvgIpc) is 3.49. The smallest absolute Gasteiger partial charge is 0.264 e. The van der Waals surface area contributed by atoms with E-state index in [1.54, 1.807) is 38.9 Å². The summed E-state index contributed by atoms with van der Waals surface area (Å²) in [7, 11) is 0. The van der Waals surface area contributed by atoms with E-state index in [1.807, 2.05) is 43.3 Å². The minimum atomic E-state index is -1.77. The lowest BCUT2D eigenvalue weighted by molar-refractivity contribution is -0.139. The number of benzene rings is 2. The molecule has 2 aliphatic heterocycles. The molecule has 2 atom stereocenters. The summed E-state index contributed by atoms with van der Waals surface area (Å²) in [4.78, 5) is 29.4. The Morgan fingerprint density at radius 3 is 2.75 bits per heavy atom. The summed E-state index contributed by atoms with van der Waals surface area (Å²) in [6.45, 7) is 4.36. The maximum absolute atomic E-state index is 13.8. The predicted molar refractivity (Wildman–Crippen MR) is 152 cm³/mol. The van der Waals surface area contributed by atoms with E-state index in [4.69, 9.17) is 16.7 Å². The number of halogens is 1. The van der Waals surface area contributed by atoms with Crippen LogP contribution in [-0.2, 0) is 34.7 Å². The number of rotatable bonds is 10. The highest BCUT2D eigenvalue weighted by atomic mass is 35.5. The van der Waals surface area contributed by atoms with Crippen molar-refractivity contribution in [3.8, 4) is 0 Å². The predicted octanol–water partition coefficient (Wildman–Crippen LogP) is 2.42. The summed E-state index contributed by atoms with van der Waals surface area (Å²) in [5.41, 5.74) is 1.76. The number of aliphatic hydroxyl groups is 2. The van der Waals surface area contributed by atoms with Crippen molar-refractivity contribution < 1.29 is 19.8 Å². The van der Waals surface area contributed by atoms with Crippen molar-refractivity contribution in [3.63, 3.8) is 0 Å². The van der Waals surface area contributed by atoms with Gasteiger partial charge in [-0.1, -0.05) is 48.0 Å². The molecule has 0 saturated carbocycles. The molecule has 11 heteroatoms. The van der Waals surface area contributed by atoms with E-state index in [9.17, 15) is 14.7 Å². The quantitative estimate of drug-likeness (QED) is 0.323. The number of aliphatic hydroxyl groups excluding tert-OH is 1. The van der Waals surface area contributed by atoms with E-state index in [2.05, 4.69) is 15.6 Å². The van der Waals surface area contributed by atoms with E-state index < -0.39 is 17.4 Å². The molecule has 1 aromatic heterocycles. The average molecular weight is 565 g/mol. The van der Waals surface area contributed by atoms with Gasteiger partial charge in [-0.2, -0.15) is 0 Å². The molecular formula is C29H33ClN6O4. The Labute approximate surface area is 237 Å². The van der Waals surface area contributed by atoms with E-state index in [-0.39, 0.29) is 19.1 Å². The molecule has 0 aliphatic carbocycles. The van der Waals surface area contributed by atoms with Crippen LogP contribution in [0.1, 0.15) is 30.2 Å². The van der Waals surface area contributed by atoms with Crippen LogP contribution in [0.5, 0.6) is 0 Å². The molecule has 5 rings (SSSR count). The third-order valence-corrected chi connectivity index (χ3v) is 7.71. The van der Waals surface area contributed by atoms with Gasteiger partial charge in [0, 0.05) is 61.1 Å². The first-order chi connectivity index (χ1) is 19.3. The second kappa shape index (κ2) is 11.9. The zero-order valence-electron chi connectivity index (χ0n) is 22.3. The van der Waals surface area contributed by atoms with Gasteiger partial charge in [-0.15, -0.1) is 5.10 Å². The van der Waals surface area contributed by atoms with Crippen LogP contribution in [0.3, 0.4) is 0 Å². The number of nitrogens with one attached hydrogen (secondary N) is 1. The molecule has 0 radical (unpaired) electrons. The van der Waals surface area contributed by atoms with Crippen LogP contribution in [0.15, 0.2) is 60.8 Å². The summed E-state index contributed by atoms with van der Waals surface area (Å²) >= 11 is 6.31. The maximum atomic E-state index is 13.8. The van der Waals surface area contributed by atoms with Crippen LogP contribution in [0.25, 0.3) is 0 Å². The fourth-order valence-corrected chi connectivity index (χ4v) is 5.42. The molecule has 1 fully saturated rings. The van der Waals surface area contributed by atoms with Gasteiger partial charge in [-0.3, -0.25) is 14.3 Å². The van der Waals surface area contributed by atoms with E-state index >= 15 is 0 Å². The van der Waals surface area contributed by atoms with Crippen LogP contribution in [0.4, 0.5) is 11.4 Å². The number of aromatic nitrogens is 3. The molecule has 3 heterocycles.